The highest BCUT2D eigenvalue weighted by molar-refractivity contribution is 6.29. The molecule has 0 aromatic heterocycles. The Morgan fingerprint density at radius 3 is 2.36 bits per heavy atom. The number of rotatable bonds is 6. The maximum Gasteiger partial charge on any atom is 0.196 e. The molecule has 0 aliphatic carbocycles. The fourth-order valence-corrected chi connectivity index (χ4v) is 3.15. The van der Waals surface area contributed by atoms with E-state index >= 15 is 0 Å². The van der Waals surface area contributed by atoms with E-state index in [9.17, 15) is 4.79 Å². The number of benzene rings is 2. The second-order valence-electron chi connectivity index (χ2n) is 6.97. The van der Waals surface area contributed by atoms with E-state index in [4.69, 9.17) is 18.9 Å². The SMILES string of the molecule is C=C(C(=O)c1ccc2c(c1OC)C=CC(C)(C)O2)c1ccc(OC)c(OC)c1. The molecule has 2 aromatic carbocycles. The molecular weight excluding hydrogens is 356 g/mol. The van der Waals surface area contributed by atoms with Crippen molar-refractivity contribution in [2.75, 3.05) is 21.3 Å². The van der Waals surface area contributed by atoms with Gasteiger partial charge in [0.2, 0.25) is 0 Å². The van der Waals surface area contributed by atoms with E-state index in [-0.39, 0.29) is 5.78 Å². The summed E-state index contributed by atoms with van der Waals surface area (Å²) in [5.74, 6) is 2.03. The van der Waals surface area contributed by atoms with Crippen molar-refractivity contribution in [1.82, 2.24) is 0 Å². The second-order valence-corrected chi connectivity index (χ2v) is 6.97. The lowest BCUT2D eigenvalue weighted by atomic mass is 9.93. The number of Topliss-reactive ketones (excluding diaryl/α,β-unsaturated/α-hetero) is 1. The Balaban J connectivity index is 2.00. The molecule has 1 heterocycles. The molecule has 0 fully saturated rings. The Morgan fingerprint density at radius 1 is 1.00 bits per heavy atom. The molecule has 0 spiro atoms. The van der Waals surface area contributed by atoms with Gasteiger partial charge in [-0.2, -0.15) is 0 Å². The molecule has 5 heteroatoms. The minimum Gasteiger partial charge on any atom is -0.495 e. The summed E-state index contributed by atoms with van der Waals surface area (Å²) in [5, 5.41) is 0. The van der Waals surface area contributed by atoms with Gasteiger partial charge >= 0.3 is 0 Å². The van der Waals surface area contributed by atoms with Gasteiger partial charge in [0.1, 0.15) is 17.1 Å². The lowest BCUT2D eigenvalue weighted by Gasteiger charge is -2.29. The van der Waals surface area contributed by atoms with Gasteiger partial charge in [0.05, 0.1) is 32.5 Å². The van der Waals surface area contributed by atoms with Crippen molar-refractivity contribution >= 4 is 17.4 Å². The van der Waals surface area contributed by atoms with Crippen LogP contribution in [-0.4, -0.2) is 32.7 Å². The average Bonchev–Trinajstić information content (AvgIpc) is 2.70. The number of methoxy groups -OCH3 is 3. The lowest BCUT2D eigenvalue weighted by molar-refractivity contribution is 0.105. The normalized spacial score (nSPS) is 13.9. The first-order valence-electron chi connectivity index (χ1n) is 8.86. The predicted molar refractivity (Wildman–Crippen MR) is 110 cm³/mol. The summed E-state index contributed by atoms with van der Waals surface area (Å²) in [6.45, 7) is 7.93. The highest BCUT2D eigenvalue weighted by Gasteiger charge is 2.27. The molecule has 2 aromatic rings. The number of allylic oxidation sites excluding steroid dienone is 1. The molecule has 1 aliphatic heterocycles. The van der Waals surface area contributed by atoms with Crippen LogP contribution in [-0.2, 0) is 0 Å². The van der Waals surface area contributed by atoms with Crippen molar-refractivity contribution < 1.29 is 23.7 Å². The van der Waals surface area contributed by atoms with Crippen LogP contribution in [0.1, 0.15) is 35.3 Å². The number of carbonyl (C=O) groups excluding carboxylic acids is 1. The molecule has 1 aliphatic rings. The zero-order valence-electron chi connectivity index (χ0n) is 16.8. The average molecular weight is 380 g/mol. The van der Waals surface area contributed by atoms with Gasteiger partial charge in [0, 0.05) is 5.57 Å². The Kier molecular flexibility index (Phi) is 5.18. The molecule has 0 bridgehead atoms. The van der Waals surface area contributed by atoms with Crippen LogP contribution >= 0.6 is 0 Å². The largest absolute Gasteiger partial charge is 0.495 e. The summed E-state index contributed by atoms with van der Waals surface area (Å²) < 4.78 is 22.1. The number of carbonyl (C=O) groups is 1. The fourth-order valence-electron chi connectivity index (χ4n) is 3.15. The number of fused-ring (bicyclic) bond motifs is 1. The summed E-state index contributed by atoms with van der Waals surface area (Å²) in [6.07, 6.45) is 3.86. The first-order valence-corrected chi connectivity index (χ1v) is 8.86. The summed E-state index contributed by atoms with van der Waals surface area (Å²) in [5.41, 5.74) is 1.74. The van der Waals surface area contributed by atoms with Crippen molar-refractivity contribution in [2.45, 2.75) is 19.4 Å². The predicted octanol–water partition coefficient (Wildman–Crippen LogP) is 4.79. The third-order valence-corrected chi connectivity index (χ3v) is 4.64. The van der Waals surface area contributed by atoms with Crippen molar-refractivity contribution in [3.8, 4) is 23.0 Å². The van der Waals surface area contributed by atoms with E-state index in [1.165, 1.54) is 0 Å². The molecule has 5 nitrogen and oxygen atoms in total. The van der Waals surface area contributed by atoms with Crippen LogP contribution in [0.3, 0.4) is 0 Å². The Morgan fingerprint density at radius 2 is 1.71 bits per heavy atom. The molecule has 0 radical (unpaired) electrons. The second kappa shape index (κ2) is 7.43. The van der Waals surface area contributed by atoms with Gasteiger partial charge in [-0.3, -0.25) is 4.79 Å². The monoisotopic (exact) mass is 380 g/mol. The quantitative estimate of drug-likeness (QED) is 0.533. The van der Waals surface area contributed by atoms with Gasteiger partial charge in [-0.15, -0.1) is 0 Å². The van der Waals surface area contributed by atoms with Crippen LogP contribution in [0.2, 0.25) is 0 Å². The Bertz CT molecular complexity index is 969. The van der Waals surface area contributed by atoms with E-state index in [0.717, 1.165) is 5.56 Å². The van der Waals surface area contributed by atoms with Gasteiger partial charge in [0.25, 0.3) is 0 Å². The molecule has 0 amide bonds. The van der Waals surface area contributed by atoms with Gasteiger partial charge in [-0.05, 0) is 55.8 Å². The number of hydrogen-bond donors (Lipinski definition) is 0. The van der Waals surface area contributed by atoms with Crippen LogP contribution in [0.15, 0.2) is 43.0 Å². The Labute approximate surface area is 165 Å². The highest BCUT2D eigenvalue weighted by Crippen LogP contribution is 2.40. The summed E-state index contributed by atoms with van der Waals surface area (Å²) in [4.78, 5) is 13.2. The van der Waals surface area contributed by atoms with Crippen molar-refractivity contribution in [3.63, 3.8) is 0 Å². The van der Waals surface area contributed by atoms with Crippen LogP contribution in [0, 0.1) is 0 Å². The lowest BCUT2D eigenvalue weighted by Crippen LogP contribution is -2.27. The van der Waals surface area contributed by atoms with Crippen molar-refractivity contribution in [1.29, 1.82) is 0 Å². The van der Waals surface area contributed by atoms with E-state index < -0.39 is 5.60 Å². The zero-order chi connectivity index (χ0) is 20.5. The molecule has 0 atom stereocenters. The van der Waals surface area contributed by atoms with Gasteiger partial charge in [0.15, 0.2) is 17.3 Å². The Hall–Kier alpha value is -3.21. The number of ether oxygens (including phenoxy) is 4. The maximum atomic E-state index is 13.2. The van der Waals surface area contributed by atoms with Gasteiger partial charge in [-0.25, -0.2) is 0 Å². The van der Waals surface area contributed by atoms with Crippen LogP contribution in [0.25, 0.3) is 11.6 Å². The smallest absolute Gasteiger partial charge is 0.196 e. The van der Waals surface area contributed by atoms with Gasteiger partial charge < -0.3 is 18.9 Å². The molecule has 146 valence electrons. The first-order chi connectivity index (χ1) is 13.3. The highest BCUT2D eigenvalue weighted by atomic mass is 16.5. The van der Waals surface area contributed by atoms with Crippen LogP contribution < -0.4 is 18.9 Å². The minimum absolute atomic E-state index is 0.231. The number of hydrogen-bond acceptors (Lipinski definition) is 5. The fraction of sp³-hybridized carbons (Fsp3) is 0.261. The van der Waals surface area contributed by atoms with Crippen molar-refractivity contribution in [3.05, 3.63) is 59.7 Å². The first kappa shape index (κ1) is 19.5. The molecule has 0 unspecified atom stereocenters. The van der Waals surface area contributed by atoms with Gasteiger partial charge in [-0.1, -0.05) is 12.6 Å². The van der Waals surface area contributed by atoms with Crippen LogP contribution in [0.5, 0.6) is 23.0 Å². The number of ketones is 1. The third-order valence-electron chi connectivity index (χ3n) is 4.64. The molecule has 3 rings (SSSR count). The maximum absolute atomic E-state index is 13.2. The molecule has 0 saturated carbocycles. The van der Waals surface area contributed by atoms with Crippen molar-refractivity contribution in [2.24, 2.45) is 0 Å². The van der Waals surface area contributed by atoms with E-state index in [0.29, 0.717) is 39.7 Å². The molecule has 0 N–H and O–H groups in total. The van der Waals surface area contributed by atoms with E-state index in [1.807, 2.05) is 26.0 Å². The summed E-state index contributed by atoms with van der Waals surface area (Å²) in [7, 11) is 4.65. The standard InChI is InChI=1S/C23H24O5/c1-14(15-7-9-19(25-4)20(13-15)26-5)21(24)17-8-10-18-16(22(17)27-6)11-12-23(2,3)28-18/h7-13H,1H2,2-6H3. The topological polar surface area (TPSA) is 54.0 Å². The molecule has 0 saturated heterocycles. The zero-order valence-corrected chi connectivity index (χ0v) is 16.8. The summed E-state index contributed by atoms with van der Waals surface area (Å²) in [6, 6.07) is 8.75. The molecular formula is C23H24O5. The summed E-state index contributed by atoms with van der Waals surface area (Å²) >= 11 is 0. The van der Waals surface area contributed by atoms with E-state index in [1.54, 1.807) is 51.7 Å². The third kappa shape index (κ3) is 3.48. The minimum atomic E-state index is -0.410. The molecule has 28 heavy (non-hydrogen) atoms. The van der Waals surface area contributed by atoms with Crippen LogP contribution in [0.4, 0.5) is 0 Å². The van der Waals surface area contributed by atoms with E-state index in [2.05, 4.69) is 6.58 Å².